The maximum Gasteiger partial charge on any atom is 0.331 e. The summed E-state index contributed by atoms with van der Waals surface area (Å²) in [4.78, 5) is 50.0. The van der Waals surface area contributed by atoms with Crippen molar-refractivity contribution >= 4 is 38.4 Å². The van der Waals surface area contributed by atoms with Gasteiger partial charge in [0.2, 0.25) is 0 Å². The monoisotopic (exact) mass is 496 g/mol. The highest BCUT2D eigenvalue weighted by Gasteiger charge is 2.33. The highest BCUT2D eigenvalue weighted by atomic mass is 32.1. The topological polar surface area (TPSA) is 110 Å². The minimum absolute atomic E-state index is 0.0148. The van der Waals surface area contributed by atoms with Gasteiger partial charge in [-0.05, 0) is 24.0 Å². The molecule has 9 nitrogen and oxygen atoms in total. The number of amides is 1. The quantitative estimate of drug-likeness (QED) is 0.441. The number of nitrogens with one attached hydrogen (secondary N) is 1. The number of aryl methyl sites for hydroxylation is 1. The first kappa shape index (κ1) is 23.5. The highest BCUT2D eigenvalue weighted by Crippen LogP contribution is 2.34. The minimum atomic E-state index is -0.786. The van der Waals surface area contributed by atoms with E-state index in [0.717, 1.165) is 31.7 Å². The average Bonchev–Trinajstić information content (AvgIpc) is 3.53. The van der Waals surface area contributed by atoms with Crippen LogP contribution < -0.4 is 11.2 Å². The van der Waals surface area contributed by atoms with Crippen molar-refractivity contribution in [1.82, 2.24) is 19.2 Å². The SMILES string of the molecule is Cc1cccc2c(Cc3sc4c(c3C(=O)N3C[C@@H](O)CO3)c(=O)n(C)c(=O)n4CC(C)C)c[nH]c12. The summed E-state index contributed by atoms with van der Waals surface area (Å²) in [7, 11) is 1.44. The van der Waals surface area contributed by atoms with Crippen molar-refractivity contribution in [3.05, 3.63) is 66.8 Å². The number of aromatic amines is 1. The van der Waals surface area contributed by atoms with Crippen molar-refractivity contribution in [3.63, 3.8) is 0 Å². The molecule has 0 bridgehead atoms. The summed E-state index contributed by atoms with van der Waals surface area (Å²) in [5, 5.41) is 12.3. The van der Waals surface area contributed by atoms with E-state index in [4.69, 9.17) is 4.84 Å². The molecule has 0 spiro atoms. The molecule has 2 N–H and O–H groups in total. The molecule has 1 saturated heterocycles. The highest BCUT2D eigenvalue weighted by molar-refractivity contribution is 7.19. The van der Waals surface area contributed by atoms with Crippen LogP contribution in [0.5, 0.6) is 0 Å². The lowest BCUT2D eigenvalue weighted by Crippen LogP contribution is -2.39. The molecule has 0 unspecified atom stereocenters. The number of benzene rings is 1. The molecule has 4 heterocycles. The smallest absolute Gasteiger partial charge is 0.331 e. The number of nitrogens with zero attached hydrogens (tertiary/aromatic N) is 3. The Morgan fingerprint density at radius 1 is 1.31 bits per heavy atom. The predicted octanol–water partition coefficient (Wildman–Crippen LogP) is 2.55. The van der Waals surface area contributed by atoms with Crippen LogP contribution in [0.2, 0.25) is 0 Å². The summed E-state index contributed by atoms with van der Waals surface area (Å²) in [5.74, 6) is -0.322. The zero-order chi connectivity index (χ0) is 25.0. The largest absolute Gasteiger partial charge is 0.389 e. The lowest BCUT2D eigenvalue weighted by Gasteiger charge is -2.15. The molecule has 0 radical (unpaired) electrons. The lowest BCUT2D eigenvalue weighted by atomic mass is 10.0. The van der Waals surface area contributed by atoms with Gasteiger partial charge in [0.1, 0.15) is 17.5 Å². The first-order valence-corrected chi connectivity index (χ1v) is 12.4. The van der Waals surface area contributed by atoms with Crippen molar-refractivity contribution < 1.29 is 14.7 Å². The van der Waals surface area contributed by atoms with Gasteiger partial charge >= 0.3 is 5.69 Å². The van der Waals surface area contributed by atoms with Crippen molar-refractivity contribution in [1.29, 1.82) is 0 Å². The van der Waals surface area contributed by atoms with E-state index in [0.29, 0.717) is 22.7 Å². The van der Waals surface area contributed by atoms with Gasteiger partial charge in [-0.2, -0.15) is 0 Å². The Morgan fingerprint density at radius 2 is 2.09 bits per heavy atom. The van der Waals surface area contributed by atoms with E-state index in [-0.39, 0.29) is 30.0 Å². The maximum absolute atomic E-state index is 13.7. The Morgan fingerprint density at radius 3 is 2.77 bits per heavy atom. The van der Waals surface area contributed by atoms with Gasteiger partial charge in [0.05, 0.1) is 17.5 Å². The van der Waals surface area contributed by atoms with E-state index in [9.17, 15) is 19.5 Å². The van der Waals surface area contributed by atoms with Gasteiger partial charge in [0.15, 0.2) is 0 Å². The third-order valence-electron chi connectivity index (χ3n) is 6.39. The zero-order valence-corrected chi connectivity index (χ0v) is 20.9. The molecule has 3 aromatic heterocycles. The summed E-state index contributed by atoms with van der Waals surface area (Å²) in [6.07, 6.45) is 1.54. The number of hydroxylamine groups is 2. The van der Waals surface area contributed by atoms with Crippen molar-refractivity contribution in [2.45, 2.75) is 39.8 Å². The molecular formula is C25H28N4O5S. The number of para-hydroxylation sites is 1. The van der Waals surface area contributed by atoms with Crippen LogP contribution in [0.4, 0.5) is 0 Å². The van der Waals surface area contributed by atoms with Crippen LogP contribution in [0.25, 0.3) is 21.1 Å². The number of H-pyrrole nitrogens is 1. The van der Waals surface area contributed by atoms with Gasteiger partial charge in [-0.15, -0.1) is 11.3 Å². The molecule has 0 aliphatic carbocycles. The molecule has 0 saturated carbocycles. The van der Waals surface area contributed by atoms with Crippen molar-refractivity contribution in [2.24, 2.45) is 13.0 Å². The summed E-state index contributed by atoms with van der Waals surface area (Å²) in [6, 6.07) is 6.04. The maximum atomic E-state index is 13.7. The number of aromatic nitrogens is 3. The number of carbonyl (C=O) groups is 1. The summed E-state index contributed by atoms with van der Waals surface area (Å²) >= 11 is 1.30. The molecular weight excluding hydrogens is 468 g/mol. The fourth-order valence-electron chi connectivity index (χ4n) is 4.68. The van der Waals surface area contributed by atoms with Gasteiger partial charge < -0.3 is 10.1 Å². The molecule has 1 aliphatic heterocycles. The van der Waals surface area contributed by atoms with Crippen molar-refractivity contribution in [3.8, 4) is 0 Å². The van der Waals surface area contributed by atoms with Crippen LogP contribution in [0.1, 0.15) is 40.2 Å². The third kappa shape index (κ3) is 3.91. The second-order valence-corrected chi connectivity index (χ2v) is 10.6. The van der Waals surface area contributed by atoms with Crippen LogP contribution in [-0.2, 0) is 24.9 Å². The van der Waals surface area contributed by atoms with E-state index in [1.54, 1.807) is 4.57 Å². The van der Waals surface area contributed by atoms with Gasteiger partial charge in [0, 0.05) is 42.0 Å². The number of hydrogen-bond acceptors (Lipinski definition) is 6. The van der Waals surface area contributed by atoms with E-state index in [2.05, 4.69) is 4.98 Å². The number of thiophene rings is 1. The molecule has 10 heteroatoms. The Balaban J connectivity index is 1.76. The third-order valence-corrected chi connectivity index (χ3v) is 7.60. The second kappa shape index (κ2) is 8.78. The van der Waals surface area contributed by atoms with E-state index in [1.165, 1.54) is 18.4 Å². The zero-order valence-electron chi connectivity index (χ0n) is 20.1. The molecule has 5 rings (SSSR count). The predicted molar refractivity (Wildman–Crippen MR) is 135 cm³/mol. The van der Waals surface area contributed by atoms with Crippen LogP contribution in [0.15, 0.2) is 34.0 Å². The lowest BCUT2D eigenvalue weighted by molar-refractivity contribution is -0.0778. The minimum Gasteiger partial charge on any atom is -0.389 e. The fourth-order valence-corrected chi connectivity index (χ4v) is 5.98. The number of aliphatic hydroxyl groups excluding tert-OH is 1. The molecule has 1 atom stereocenters. The summed E-state index contributed by atoms with van der Waals surface area (Å²) in [5.41, 5.74) is 2.44. The molecule has 1 fully saturated rings. The number of β-amino-alcohol motifs (C(OH)–C–C–N with tert-alkyl or cyclic N) is 1. The number of aliphatic hydroxyl groups is 1. The van der Waals surface area contributed by atoms with Crippen LogP contribution in [-0.4, -0.2) is 49.5 Å². The van der Waals surface area contributed by atoms with E-state index in [1.807, 2.05) is 45.2 Å². The van der Waals surface area contributed by atoms with Gasteiger partial charge in [-0.1, -0.05) is 32.0 Å². The molecule has 184 valence electrons. The molecule has 35 heavy (non-hydrogen) atoms. The normalized spacial score (nSPS) is 16.3. The number of rotatable bonds is 5. The number of fused-ring (bicyclic) bond motifs is 2. The van der Waals surface area contributed by atoms with Crippen LogP contribution in [0, 0.1) is 12.8 Å². The first-order valence-electron chi connectivity index (χ1n) is 11.6. The summed E-state index contributed by atoms with van der Waals surface area (Å²) in [6.45, 7) is 6.48. The number of hydrogen-bond donors (Lipinski definition) is 2. The van der Waals surface area contributed by atoms with Gasteiger partial charge in [0.25, 0.3) is 11.5 Å². The summed E-state index contributed by atoms with van der Waals surface area (Å²) < 4.78 is 2.65. The molecule has 1 aromatic carbocycles. The Bertz CT molecular complexity index is 1570. The number of carbonyl (C=O) groups excluding carboxylic acids is 1. The van der Waals surface area contributed by atoms with E-state index < -0.39 is 23.3 Å². The Kier molecular flexibility index (Phi) is 5.90. The molecule has 1 amide bonds. The molecule has 4 aromatic rings. The average molecular weight is 497 g/mol. The van der Waals surface area contributed by atoms with E-state index >= 15 is 0 Å². The first-order chi connectivity index (χ1) is 16.7. The van der Waals surface area contributed by atoms with Gasteiger partial charge in [-0.3, -0.25) is 23.6 Å². The van der Waals surface area contributed by atoms with Crippen molar-refractivity contribution in [2.75, 3.05) is 13.2 Å². The van der Waals surface area contributed by atoms with Gasteiger partial charge in [-0.25, -0.2) is 9.86 Å². The fraction of sp³-hybridized carbons (Fsp3) is 0.400. The standard InChI is InChI=1S/C25H28N4O5S/c1-13(2)10-28-24-20(22(31)27(4)25(28)33)19(23(32)29-11-16(30)12-34-29)18(35-24)8-15-9-26-21-14(3)6-5-7-17(15)21/h5-7,9,13,16,26,30H,8,10-12H2,1-4H3/t16-/m1/s1. The Hall–Kier alpha value is -3.21. The second-order valence-electron chi connectivity index (χ2n) is 9.54. The van der Waals surface area contributed by atoms with Crippen LogP contribution in [0.3, 0.4) is 0 Å². The molecule has 1 aliphatic rings. The van der Waals surface area contributed by atoms with Crippen LogP contribution >= 0.6 is 11.3 Å². The Labute approximate surface area is 205 Å².